The van der Waals surface area contributed by atoms with Gasteiger partial charge in [-0.15, -0.1) is 0 Å². The average molecular weight is 617 g/mol. The molecule has 0 unspecified atom stereocenters. The zero-order chi connectivity index (χ0) is 31.6. The van der Waals surface area contributed by atoms with Crippen molar-refractivity contribution in [3.63, 3.8) is 0 Å². The maximum Gasteiger partial charge on any atom is 0.227 e. The van der Waals surface area contributed by atoms with Crippen LogP contribution in [0.3, 0.4) is 0 Å². The van der Waals surface area contributed by atoms with Gasteiger partial charge in [0.15, 0.2) is 17.5 Å². The van der Waals surface area contributed by atoms with Crippen molar-refractivity contribution in [2.24, 2.45) is 0 Å². The number of nitrogens with zero attached hydrogens (tertiary/aromatic N) is 4. The lowest BCUT2D eigenvalue weighted by atomic mass is 9.98. The maximum atomic E-state index is 6.64. The van der Waals surface area contributed by atoms with Crippen molar-refractivity contribution < 1.29 is 8.83 Å². The first-order valence-corrected chi connectivity index (χ1v) is 15.8. The molecule has 0 spiro atoms. The number of rotatable bonds is 4. The minimum Gasteiger partial charge on any atom is -0.456 e. The van der Waals surface area contributed by atoms with Gasteiger partial charge in [-0.3, -0.25) is 0 Å². The Morgan fingerprint density at radius 1 is 0.396 bits per heavy atom. The molecule has 4 aromatic heterocycles. The molecule has 0 saturated carbocycles. The van der Waals surface area contributed by atoms with Crippen molar-refractivity contribution in [1.82, 2.24) is 19.9 Å². The predicted octanol–water partition coefficient (Wildman–Crippen LogP) is 10.9. The zero-order valence-electron chi connectivity index (χ0n) is 25.5. The number of benzene rings is 6. The Bertz CT molecular complexity index is 2840. The lowest BCUT2D eigenvalue weighted by Gasteiger charge is -2.11. The minimum absolute atomic E-state index is 0.545. The summed E-state index contributed by atoms with van der Waals surface area (Å²) in [5.41, 5.74) is 8.43. The Morgan fingerprint density at radius 2 is 1.04 bits per heavy atom. The molecule has 0 fully saturated rings. The monoisotopic (exact) mass is 616 g/mol. The Balaban J connectivity index is 1.30. The van der Waals surface area contributed by atoms with Crippen LogP contribution >= 0.6 is 0 Å². The Hall–Kier alpha value is -6.66. The highest BCUT2D eigenvalue weighted by atomic mass is 16.3. The van der Waals surface area contributed by atoms with E-state index in [9.17, 15) is 0 Å². The summed E-state index contributed by atoms with van der Waals surface area (Å²) in [6, 6.07) is 48.8. The molecular formula is C42H24N4O2. The van der Waals surface area contributed by atoms with Crippen LogP contribution in [-0.2, 0) is 0 Å². The smallest absolute Gasteiger partial charge is 0.227 e. The second-order valence-electron chi connectivity index (χ2n) is 11.8. The molecule has 10 rings (SSSR count). The number of pyridine rings is 1. The molecule has 0 bridgehead atoms. The summed E-state index contributed by atoms with van der Waals surface area (Å²) in [5, 5.41) is 4.83. The number of aromatic nitrogens is 4. The SMILES string of the molecule is c1ccc(-c2nc(-c3cccc4oc5ccccc5c34)nc(-c3ccc(-c4ccccc4)c4oc5nc6ccccc6cc5c34)n2)cc1. The van der Waals surface area contributed by atoms with Crippen molar-refractivity contribution in [2.75, 3.05) is 0 Å². The highest BCUT2D eigenvalue weighted by molar-refractivity contribution is 6.17. The molecule has 0 atom stereocenters. The summed E-state index contributed by atoms with van der Waals surface area (Å²) >= 11 is 0. The lowest BCUT2D eigenvalue weighted by molar-refractivity contribution is 0.657. The molecule has 0 N–H and O–H groups in total. The van der Waals surface area contributed by atoms with E-state index in [1.807, 2.05) is 97.1 Å². The molecule has 6 aromatic carbocycles. The van der Waals surface area contributed by atoms with Crippen LogP contribution in [0.2, 0.25) is 0 Å². The van der Waals surface area contributed by atoms with E-state index in [4.69, 9.17) is 28.8 Å². The molecule has 6 nitrogen and oxygen atoms in total. The predicted molar refractivity (Wildman–Crippen MR) is 191 cm³/mol. The summed E-state index contributed by atoms with van der Waals surface area (Å²) in [5.74, 6) is 1.69. The van der Waals surface area contributed by atoms with E-state index in [0.29, 0.717) is 23.2 Å². The second kappa shape index (κ2) is 10.4. The summed E-state index contributed by atoms with van der Waals surface area (Å²) < 4.78 is 12.9. The number of hydrogen-bond acceptors (Lipinski definition) is 6. The van der Waals surface area contributed by atoms with Crippen LogP contribution < -0.4 is 0 Å². The van der Waals surface area contributed by atoms with Gasteiger partial charge in [0.05, 0.1) is 5.52 Å². The molecule has 48 heavy (non-hydrogen) atoms. The Labute approximate surface area is 274 Å². The number of para-hydroxylation sites is 2. The van der Waals surface area contributed by atoms with Gasteiger partial charge in [0, 0.05) is 49.2 Å². The molecule has 0 saturated heterocycles. The fourth-order valence-corrected chi connectivity index (χ4v) is 6.73. The molecular weight excluding hydrogens is 592 g/mol. The fraction of sp³-hybridized carbons (Fsp3) is 0. The van der Waals surface area contributed by atoms with Gasteiger partial charge < -0.3 is 8.83 Å². The normalized spacial score (nSPS) is 11.8. The first kappa shape index (κ1) is 26.5. The molecule has 10 aromatic rings. The Morgan fingerprint density at radius 3 is 1.88 bits per heavy atom. The van der Waals surface area contributed by atoms with Gasteiger partial charge in [-0.25, -0.2) is 19.9 Å². The van der Waals surface area contributed by atoms with Crippen molar-refractivity contribution >= 4 is 54.9 Å². The zero-order valence-corrected chi connectivity index (χ0v) is 25.5. The van der Waals surface area contributed by atoms with Crippen LogP contribution in [-0.4, -0.2) is 19.9 Å². The Kier molecular flexibility index (Phi) is 5.77. The van der Waals surface area contributed by atoms with E-state index in [2.05, 4.69) is 48.5 Å². The molecule has 6 heteroatoms. The van der Waals surface area contributed by atoms with Gasteiger partial charge in [-0.05, 0) is 42.0 Å². The maximum absolute atomic E-state index is 6.64. The third kappa shape index (κ3) is 4.13. The highest BCUT2D eigenvalue weighted by Crippen LogP contribution is 2.42. The lowest BCUT2D eigenvalue weighted by Crippen LogP contribution is -2.01. The fourth-order valence-electron chi connectivity index (χ4n) is 6.73. The van der Waals surface area contributed by atoms with Crippen LogP contribution in [0.4, 0.5) is 0 Å². The average Bonchev–Trinajstić information content (AvgIpc) is 3.72. The van der Waals surface area contributed by atoms with Crippen LogP contribution in [0.25, 0.3) is 100 Å². The number of furan rings is 2. The van der Waals surface area contributed by atoms with E-state index >= 15 is 0 Å². The van der Waals surface area contributed by atoms with Gasteiger partial charge in [-0.1, -0.05) is 109 Å². The summed E-state index contributed by atoms with van der Waals surface area (Å²) in [6.45, 7) is 0. The van der Waals surface area contributed by atoms with E-state index in [0.717, 1.165) is 77.0 Å². The van der Waals surface area contributed by atoms with Crippen LogP contribution in [0.1, 0.15) is 0 Å². The van der Waals surface area contributed by atoms with E-state index in [1.54, 1.807) is 0 Å². The standard InChI is InChI=1S/C42H24N4O2/c1-3-12-25(13-4-1)28-22-23-31(37-32-24-27-16-7-9-19-33(27)43-42(32)48-38(28)37)41-45-39(26-14-5-2-6-15-26)44-40(46-41)30-18-11-21-35-36(30)29-17-8-10-20-34(29)47-35/h1-24H. The third-order valence-corrected chi connectivity index (χ3v) is 8.95. The number of hydrogen-bond donors (Lipinski definition) is 0. The van der Waals surface area contributed by atoms with Crippen LogP contribution in [0.15, 0.2) is 154 Å². The molecule has 0 radical (unpaired) electrons. The third-order valence-electron chi connectivity index (χ3n) is 8.95. The van der Waals surface area contributed by atoms with Crippen molar-refractivity contribution in [3.8, 4) is 45.3 Å². The molecule has 4 heterocycles. The first-order valence-electron chi connectivity index (χ1n) is 15.8. The molecule has 0 aliphatic rings. The molecule has 0 amide bonds. The molecule has 0 aliphatic heterocycles. The van der Waals surface area contributed by atoms with E-state index < -0.39 is 0 Å². The molecule has 0 aliphatic carbocycles. The topological polar surface area (TPSA) is 77.8 Å². The summed E-state index contributed by atoms with van der Waals surface area (Å²) in [4.78, 5) is 20.3. The van der Waals surface area contributed by atoms with Crippen molar-refractivity contribution in [1.29, 1.82) is 0 Å². The van der Waals surface area contributed by atoms with Crippen molar-refractivity contribution in [2.45, 2.75) is 0 Å². The van der Waals surface area contributed by atoms with Crippen LogP contribution in [0.5, 0.6) is 0 Å². The van der Waals surface area contributed by atoms with Gasteiger partial charge in [0.25, 0.3) is 0 Å². The van der Waals surface area contributed by atoms with Gasteiger partial charge in [0.2, 0.25) is 5.71 Å². The second-order valence-corrected chi connectivity index (χ2v) is 11.8. The summed E-state index contributed by atoms with van der Waals surface area (Å²) in [7, 11) is 0. The van der Waals surface area contributed by atoms with Crippen molar-refractivity contribution in [3.05, 3.63) is 146 Å². The van der Waals surface area contributed by atoms with Crippen LogP contribution in [0, 0.1) is 0 Å². The van der Waals surface area contributed by atoms with E-state index in [1.165, 1.54) is 0 Å². The minimum atomic E-state index is 0.545. The van der Waals surface area contributed by atoms with E-state index in [-0.39, 0.29) is 0 Å². The highest BCUT2D eigenvalue weighted by Gasteiger charge is 2.23. The quantitative estimate of drug-likeness (QED) is 0.196. The summed E-state index contributed by atoms with van der Waals surface area (Å²) in [6.07, 6.45) is 0. The van der Waals surface area contributed by atoms with Gasteiger partial charge in [0.1, 0.15) is 16.7 Å². The first-order chi connectivity index (χ1) is 23.8. The number of fused-ring (bicyclic) bond motifs is 7. The largest absolute Gasteiger partial charge is 0.456 e. The van der Waals surface area contributed by atoms with Gasteiger partial charge >= 0.3 is 0 Å². The van der Waals surface area contributed by atoms with Gasteiger partial charge in [-0.2, -0.15) is 0 Å². The molecule has 224 valence electrons.